The molecule has 4 nitrogen and oxygen atoms in total. The highest BCUT2D eigenvalue weighted by molar-refractivity contribution is 5.85. The van der Waals surface area contributed by atoms with Gasteiger partial charge < -0.3 is 15.4 Å². The molecule has 0 radical (unpaired) electrons. The maximum atomic E-state index is 6.01. The van der Waals surface area contributed by atoms with Crippen LogP contribution in [0.5, 0.6) is 0 Å². The van der Waals surface area contributed by atoms with Gasteiger partial charge in [0.15, 0.2) is 0 Å². The number of halogens is 1. The van der Waals surface area contributed by atoms with Gasteiger partial charge in [0.2, 0.25) is 0 Å². The molecule has 110 valence electrons. The predicted molar refractivity (Wildman–Crippen MR) is 79.5 cm³/mol. The molecule has 0 bridgehead atoms. The van der Waals surface area contributed by atoms with Crippen LogP contribution in [0.3, 0.4) is 0 Å². The molecule has 0 aliphatic carbocycles. The van der Waals surface area contributed by atoms with Crippen LogP contribution in [0.25, 0.3) is 0 Å². The third-order valence-corrected chi connectivity index (χ3v) is 2.97. The zero-order chi connectivity index (χ0) is 13.1. The van der Waals surface area contributed by atoms with E-state index in [1.807, 2.05) is 0 Å². The summed E-state index contributed by atoms with van der Waals surface area (Å²) < 4.78 is 5.73. The van der Waals surface area contributed by atoms with Crippen molar-refractivity contribution in [2.24, 2.45) is 5.73 Å². The molecule has 0 aromatic heterocycles. The number of nitrogens with two attached hydrogens (primary N) is 1. The van der Waals surface area contributed by atoms with Crippen LogP contribution in [0.2, 0.25) is 0 Å². The van der Waals surface area contributed by atoms with Crippen molar-refractivity contribution in [1.29, 1.82) is 0 Å². The summed E-state index contributed by atoms with van der Waals surface area (Å²) in [6, 6.07) is 0. The Morgan fingerprint density at radius 3 is 2.22 bits per heavy atom. The van der Waals surface area contributed by atoms with Crippen LogP contribution in [0.15, 0.2) is 0 Å². The van der Waals surface area contributed by atoms with Gasteiger partial charge in [-0.15, -0.1) is 12.4 Å². The highest BCUT2D eigenvalue weighted by atomic mass is 35.5. The monoisotopic (exact) mass is 279 g/mol. The lowest BCUT2D eigenvalue weighted by Crippen LogP contribution is -2.49. The van der Waals surface area contributed by atoms with E-state index >= 15 is 0 Å². The van der Waals surface area contributed by atoms with E-state index in [0.29, 0.717) is 12.2 Å². The Balaban J connectivity index is 0.00000289. The average molecular weight is 280 g/mol. The minimum Gasteiger partial charge on any atom is -0.373 e. The number of rotatable bonds is 5. The molecule has 0 saturated carbocycles. The van der Waals surface area contributed by atoms with Crippen molar-refractivity contribution >= 4 is 12.4 Å². The molecule has 5 heteroatoms. The molecule has 2 atom stereocenters. The molecule has 18 heavy (non-hydrogen) atoms. The average Bonchev–Trinajstić information content (AvgIpc) is 2.10. The molecule has 1 heterocycles. The molecule has 1 saturated heterocycles. The van der Waals surface area contributed by atoms with E-state index in [2.05, 4.69) is 44.5 Å². The molecular weight excluding hydrogens is 250 g/mol. The Kier molecular flexibility index (Phi) is 7.71. The predicted octanol–water partition coefficient (Wildman–Crippen LogP) is 1.19. The Hall–Kier alpha value is 0.130. The second-order valence-electron chi connectivity index (χ2n) is 6.24. The Morgan fingerprint density at radius 1 is 1.28 bits per heavy atom. The van der Waals surface area contributed by atoms with Gasteiger partial charge in [0, 0.05) is 38.3 Å². The lowest BCUT2D eigenvalue weighted by Gasteiger charge is -2.36. The third-order valence-electron chi connectivity index (χ3n) is 2.97. The van der Waals surface area contributed by atoms with Crippen molar-refractivity contribution in [2.45, 2.75) is 45.4 Å². The fourth-order valence-electron chi connectivity index (χ4n) is 2.55. The molecular formula is C13H30ClN3O. The molecule has 1 aliphatic rings. The van der Waals surface area contributed by atoms with E-state index in [1.165, 1.54) is 0 Å². The van der Waals surface area contributed by atoms with Crippen molar-refractivity contribution < 1.29 is 4.74 Å². The van der Waals surface area contributed by atoms with Gasteiger partial charge in [-0.2, -0.15) is 0 Å². The van der Waals surface area contributed by atoms with E-state index < -0.39 is 0 Å². The number of hydrogen-bond acceptors (Lipinski definition) is 4. The quantitative estimate of drug-likeness (QED) is 0.821. The Labute approximate surface area is 118 Å². The summed E-state index contributed by atoms with van der Waals surface area (Å²) in [7, 11) is 2.14. The fourth-order valence-corrected chi connectivity index (χ4v) is 2.55. The summed E-state index contributed by atoms with van der Waals surface area (Å²) in [6.45, 7) is 13.6. The SMILES string of the molecule is C[C@@H]1CN(CCN(C)CC(C)(C)N)C[C@H](C)O1.Cl. The zero-order valence-electron chi connectivity index (χ0n) is 12.5. The molecule has 0 spiro atoms. The summed E-state index contributed by atoms with van der Waals surface area (Å²) in [6.07, 6.45) is 0.713. The van der Waals surface area contributed by atoms with E-state index in [0.717, 1.165) is 32.7 Å². The number of hydrogen-bond donors (Lipinski definition) is 1. The van der Waals surface area contributed by atoms with Crippen LogP contribution >= 0.6 is 12.4 Å². The first kappa shape index (κ1) is 18.1. The third kappa shape index (κ3) is 7.54. The lowest BCUT2D eigenvalue weighted by atomic mass is 10.1. The molecule has 2 N–H and O–H groups in total. The number of nitrogens with zero attached hydrogens (tertiary/aromatic N) is 2. The molecule has 0 aromatic carbocycles. The summed E-state index contributed by atoms with van der Waals surface area (Å²) in [4.78, 5) is 4.80. The molecule has 0 amide bonds. The number of likely N-dealkylation sites (N-methyl/N-ethyl adjacent to an activating group) is 1. The second-order valence-corrected chi connectivity index (χ2v) is 6.24. The van der Waals surface area contributed by atoms with E-state index in [4.69, 9.17) is 10.5 Å². The molecule has 1 aliphatic heterocycles. The van der Waals surface area contributed by atoms with Gasteiger partial charge in [0.1, 0.15) is 0 Å². The Bertz CT molecular complexity index is 223. The largest absolute Gasteiger partial charge is 0.373 e. The summed E-state index contributed by atoms with van der Waals surface area (Å²) in [5.74, 6) is 0. The van der Waals surface area contributed by atoms with Gasteiger partial charge >= 0.3 is 0 Å². The van der Waals surface area contributed by atoms with E-state index in [9.17, 15) is 0 Å². The van der Waals surface area contributed by atoms with Gasteiger partial charge in [0.25, 0.3) is 0 Å². The van der Waals surface area contributed by atoms with Crippen molar-refractivity contribution in [2.75, 3.05) is 39.8 Å². The molecule has 0 aromatic rings. The number of morpholine rings is 1. The first-order valence-electron chi connectivity index (χ1n) is 6.61. The normalized spacial score (nSPS) is 26.2. The molecule has 1 fully saturated rings. The first-order valence-corrected chi connectivity index (χ1v) is 6.61. The minimum atomic E-state index is -0.111. The van der Waals surface area contributed by atoms with E-state index in [1.54, 1.807) is 0 Å². The minimum absolute atomic E-state index is 0. The maximum Gasteiger partial charge on any atom is 0.0678 e. The summed E-state index contributed by atoms with van der Waals surface area (Å²) in [5, 5.41) is 0. The Morgan fingerprint density at radius 2 is 1.78 bits per heavy atom. The lowest BCUT2D eigenvalue weighted by molar-refractivity contribution is -0.0691. The maximum absolute atomic E-state index is 6.01. The van der Waals surface area contributed by atoms with Gasteiger partial charge in [-0.25, -0.2) is 0 Å². The number of ether oxygens (including phenoxy) is 1. The topological polar surface area (TPSA) is 41.7 Å². The highest BCUT2D eigenvalue weighted by Crippen LogP contribution is 2.10. The van der Waals surface area contributed by atoms with E-state index in [-0.39, 0.29) is 17.9 Å². The van der Waals surface area contributed by atoms with Crippen molar-refractivity contribution in [3.8, 4) is 0 Å². The van der Waals surface area contributed by atoms with Crippen molar-refractivity contribution in [3.05, 3.63) is 0 Å². The summed E-state index contributed by atoms with van der Waals surface area (Å²) in [5.41, 5.74) is 5.90. The van der Waals surface area contributed by atoms with Crippen LogP contribution in [-0.4, -0.2) is 67.3 Å². The van der Waals surface area contributed by atoms with Crippen molar-refractivity contribution in [1.82, 2.24) is 9.80 Å². The van der Waals surface area contributed by atoms with Gasteiger partial charge in [-0.1, -0.05) is 0 Å². The smallest absolute Gasteiger partial charge is 0.0678 e. The van der Waals surface area contributed by atoms with Gasteiger partial charge in [0.05, 0.1) is 12.2 Å². The van der Waals surface area contributed by atoms with Crippen LogP contribution in [-0.2, 0) is 4.74 Å². The first-order chi connectivity index (χ1) is 7.76. The van der Waals surface area contributed by atoms with Crippen LogP contribution < -0.4 is 5.73 Å². The van der Waals surface area contributed by atoms with Crippen LogP contribution in [0, 0.1) is 0 Å². The standard InChI is InChI=1S/C13H29N3O.ClH/c1-11-8-16(9-12(2)17-11)7-6-15(5)10-13(3,4)14;/h11-12H,6-10,14H2,1-5H3;1H/t11-,12+;. The van der Waals surface area contributed by atoms with Crippen molar-refractivity contribution in [3.63, 3.8) is 0 Å². The second kappa shape index (κ2) is 7.65. The van der Waals surface area contributed by atoms with Gasteiger partial charge in [-0.05, 0) is 34.7 Å². The summed E-state index contributed by atoms with van der Waals surface area (Å²) >= 11 is 0. The van der Waals surface area contributed by atoms with Crippen LogP contribution in [0.1, 0.15) is 27.7 Å². The molecule has 1 rings (SSSR count). The fraction of sp³-hybridized carbons (Fsp3) is 1.00. The van der Waals surface area contributed by atoms with Crippen LogP contribution in [0.4, 0.5) is 0 Å². The molecule has 0 unspecified atom stereocenters. The highest BCUT2D eigenvalue weighted by Gasteiger charge is 2.22. The van der Waals surface area contributed by atoms with Gasteiger partial charge in [-0.3, -0.25) is 4.90 Å². The zero-order valence-corrected chi connectivity index (χ0v) is 13.3.